The van der Waals surface area contributed by atoms with Crippen LogP contribution in [0.25, 0.3) is 83.2 Å². The van der Waals surface area contributed by atoms with Gasteiger partial charge in [0.15, 0.2) is 0 Å². The van der Waals surface area contributed by atoms with Gasteiger partial charge in [0, 0.05) is 55.3 Å². The molecule has 0 atom stereocenters. The van der Waals surface area contributed by atoms with E-state index in [9.17, 15) is 0 Å². The number of furan rings is 1. The summed E-state index contributed by atoms with van der Waals surface area (Å²) in [6, 6.07) is 60.3. The molecular formula is C65H57BN2O. The number of anilines is 2. The van der Waals surface area contributed by atoms with Gasteiger partial charge < -0.3 is 13.8 Å². The summed E-state index contributed by atoms with van der Waals surface area (Å²) in [7, 11) is 0. The Balaban J connectivity index is 1.16. The van der Waals surface area contributed by atoms with E-state index in [-0.39, 0.29) is 28.5 Å². The summed E-state index contributed by atoms with van der Waals surface area (Å²) in [5, 5.41) is 3.73. The average Bonchev–Trinajstić information content (AvgIpc) is 3.96. The van der Waals surface area contributed by atoms with Crippen molar-refractivity contribution in [2.75, 3.05) is 4.81 Å². The third-order valence-electron chi connectivity index (χ3n) is 17.2. The Labute approximate surface area is 406 Å². The van der Waals surface area contributed by atoms with Crippen molar-refractivity contribution in [3.63, 3.8) is 0 Å². The van der Waals surface area contributed by atoms with E-state index in [0.717, 1.165) is 39.8 Å². The lowest BCUT2D eigenvalue weighted by atomic mass is 9.43. The van der Waals surface area contributed by atoms with Crippen LogP contribution in [0, 0.1) is 0 Å². The summed E-state index contributed by atoms with van der Waals surface area (Å²) in [4.78, 5) is 2.71. The van der Waals surface area contributed by atoms with Crippen LogP contribution >= 0.6 is 0 Å². The van der Waals surface area contributed by atoms with Crippen LogP contribution in [0.15, 0.2) is 162 Å². The summed E-state index contributed by atoms with van der Waals surface area (Å²) < 4.78 is 9.92. The molecule has 0 amide bonds. The largest absolute Gasteiger partial charge is 0.455 e. The van der Waals surface area contributed by atoms with Gasteiger partial charge in [-0.05, 0) is 139 Å². The molecule has 0 saturated heterocycles. The molecule has 10 aromatic rings. The van der Waals surface area contributed by atoms with Gasteiger partial charge in [-0.25, -0.2) is 0 Å². The maximum atomic E-state index is 7.26. The predicted molar refractivity (Wildman–Crippen MR) is 292 cm³/mol. The van der Waals surface area contributed by atoms with Gasteiger partial charge in [0.05, 0.1) is 11.0 Å². The molecule has 8 aromatic carbocycles. The fourth-order valence-electron chi connectivity index (χ4n) is 13.3. The first kappa shape index (κ1) is 41.0. The normalized spacial score (nSPS) is 16.7. The van der Waals surface area contributed by atoms with Gasteiger partial charge in [0.2, 0.25) is 0 Å². The molecule has 0 N–H and O–H groups in total. The van der Waals surface area contributed by atoms with Gasteiger partial charge in [-0.15, -0.1) is 0 Å². The Morgan fingerprint density at radius 1 is 0.522 bits per heavy atom. The monoisotopic (exact) mass is 892 g/mol. The van der Waals surface area contributed by atoms with E-state index in [0.29, 0.717) is 0 Å². The van der Waals surface area contributed by atoms with Crippen molar-refractivity contribution < 1.29 is 4.42 Å². The van der Waals surface area contributed by atoms with Crippen LogP contribution in [0.1, 0.15) is 103 Å². The van der Waals surface area contributed by atoms with Crippen molar-refractivity contribution in [3.8, 4) is 50.4 Å². The highest BCUT2D eigenvalue weighted by atomic mass is 16.3. The number of rotatable bonds is 3. The minimum Gasteiger partial charge on any atom is -0.455 e. The van der Waals surface area contributed by atoms with E-state index in [1.165, 1.54) is 106 Å². The molecule has 4 heteroatoms. The average molecular weight is 893 g/mol. The highest BCUT2D eigenvalue weighted by Gasteiger charge is 2.47. The van der Waals surface area contributed by atoms with Gasteiger partial charge in [-0.1, -0.05) is 172 Å². The van der Waals surface area contributed by atoms with Crippen molar-refractivity contribution in [3.05, 3.63) is 186 Å². The minimum atomic E-state index is -0.139. The lowest BCUT2D eigenvalue weighted by Crippen LogP contribution is -2.60. The first-order valence-corrected chi connectivity index (χ1v) is 25.2. The lowest BCUT2D eigenvalue weighted by Gasteiger charge is -2.46. The molecule has 0 bridgehead atoms. The number of fused-ring (bicyclic) bond motifs is 13. The number of hydrogen-bond donors (Lipinski definition) is 0. The molecule has 0 fully saturated rings. The second kappa shape index (κ2) is 13.6. The molecule has 4 heterocycles. The van der Waals surface area contributed by atoms with Gasteiger partial charge >= 0.3 is 6.85 Å². The van der Waals surface area contributed by atoms with E-state index in [1.807, 2.05) is 0 Å². The maximum absolute atomic E-state index is 7.26. The zero-order valence-electron chi connectivity index (χ0n) is 41.3. The molecule has 0 saturated carbocycles. The van der Waals surface area contributed by atoms with Gasteiger partial charge in [-0.2, -0.15) is 0 Å². The molecule has 0 unspecified atom stereocenters. The van der Waals surface area contributed by atoms with Crippen molar-refractivity contribution >= 4 is 61.9 Å². The second-order valence-electron chi connectivity index (χ2n) is 23.5. The Hall–Kier alpha value is -7.04. The smallest absolute Gasteiger partial charge is 0.333 e. The molecule has 0 radical (unpaired) electrons. The van der Waals surface area contributed by atoms with Gasteiger partial charge in [0.25, 0.3) is 0 Å². The van der Waals surface area contributed by atoms with Crippen LogP contribution in [0.5, 0.6) is 0 Å². The number of aromatic nitrogens is 1. The lowest BCUT2D eigenvalue weighted by molar-refractivity contribution is 0.332. The molecule has 3 nitrogen and oxygen atoms in total. The van der Waals surface area contributed by atoms with E-state index in [2.05, 4.69) is 229 Å². The van der Waals surface area contributed by atoms with Crippen molar-refractivity contribution in [1.29, 1.82) is 0 Å². The quantitative estimate of drug-likeness (QED) is 0.165. The van der Waals surface area contributed by atoms with Crippen LogP contribution in [-0.4, -0.2) is 11.4 Å². The molecular weight excluding hydrogens is 836 g/mol. The van der Waals surface area contributed by atoms with Crippen LogP contribution in [0.4, 0.5) is 11.4 Å². The van der Waals surface area contributed by atoms with Gasteiger partial charge in [0.1, 0.15) is 11.3 Å². The second-order valence-corrected chi connectivity index (χ2v) is 23.5. The Kier molecular flexibility index (Phi) is 8.08. The number of hydrogen-bond acceptors (Lipinski definition) is 2. The molecule has 2 aliphatic heterocycles. The van der Waals surface area contributed by atoms with Crippen LogP contribution < -0.4 is 15.7 Å². The highest BCUT2D eigenvalue weighted by molar-refractivity contribution is 6.93. The standard InChI is InChI=1S/C65H57BN2O/c1-62(2,3)40-24-26-41(27-25-40)68-55-36-52-51(63(4,5)30-31-64(52,6)7)33-46(55)43-28-29-44-47-32-50-45(42-22-16-17-23-49(42)65(50,8)9)34-54(47)67-56-35-48-57(37-53(56)66(68)59(43)60(44)67)69-61(39-20-14-11-15-21-39)58(48)38-18-12-10-13-19-38/h10-29,32-37H,30-31H2,1-9H3. The van der Waals surface area contributed by atoms with Gasteiger partial charge in [-0.3, -0.25) is 0 Å². The molecule has 0 spiro atoms. The Morgan fingerprint density at radius 2 is 1.19 bits per heavy atom. The first-order chi connectivity index (χ1) is 33.1. The SMILES string of the molecule is CC(C)(C)c1ccc(N2B3c4cc5oc(-c6ccccc6)c(-c6ccccc6)c5cc4-n4c5cc6c(cc5c5ccc(c3c54)-c3cc4c(cc32)C(C)(C)CCC4(C)C)C(C)(C)c2ccccc2-6)cc1. The molecule has 14 rings (SSSR count). The van der Waals surface area contributed by atoms with Crippen molar-refractivity contribution in [2.45, 2.75) is 96.8 Å². The summed E-state index contributed by atoms with van der Waals surface area (Å²) in [5.41, 5.74) is 25.5. The zero-order chi connectivity index (χ0) is 47.1. The first-order valence-electron chi connectivity index (χ1n) is 25.2. The third kappa shape index (κ3) is 5.52. The Morgan fingerprint density at radius 3 is 1.90 bits per heavy atom. The van der Waals surface area contributed by atoms with Crippen LogP contribution in [-0.2, 0) is 21.7 Å². The molecule has 336 valence electrons. The highest BCUT2D eigenvalue weighted by Crippen LogP contribution is 2.55. The topological polar surface area (TPSA) is 21.3 Å². The number of benzene rings is 8. The molecule has 4 aliphatic rings. The molecule has 2 aromatic heterocycles. The summed E-state index contributed by atoms with van der Waals surface area (Å²) in [5.74, 6) is 0.900. The van der Waals surface area contributed by atoms with E-state index in [1.54, 1.807) is 0 Å². The van der Waals surface area contributed by atoms with E-state index >= 15 is 0 Å². The minimum absolute atomic E-state index is 0.0251. The summed E-state index contributed by atoms with van der Waals surface area (Å²) >= 11 is 0. The third-order valence-corrected chi connectivity index (χ3v) is 17.2. The van der Waals surface area contributed by atoms with E-state index < -0.39 is 0 Å². The maximum Gasteiger partial charge on any atom is 0.333 e. The fourth-order valence-corrected chi connectivity index (χ4v) is 13.3. The zero-order valence-corrected chi connectivity index (χ0v) is 41.3. The van der Waals surface area contributed by atoms with Crippen molar-refractivity contribution in [1.82, 2.24) is 4.57 Å². The summed E-state index contributed by atoms with van der Waals surface area (Å²) in [6.07, 6.45) is 2.32. The number of nitrogens with zero attached hydrogens (tertiary/aromatic N) is 2. The van der Waals surface area contributed by atoms with Crippen molar-refractivity contribution in [2.24, 2.45) is 0 Å². The summed E-state index contributed by atoms with van der Waals surface area (Å²) in [6.45, 7) is 21.5. The van der Waals surface area contributed by atoms with Crippen LogP contribution in [0.3, 0.4) is 0 Å². The predicted octanol–water partition coefficient (Wildman–Crippen LogP) is 16.1. The Bertz CT molecular complexity index is 3840. The molecule has 2 aliphatic carbocycles. The van der Waals surface area contributed by atoms with Crippen LogP contribution in [0.2, 0.25) is 0 Å². The fraction of sp³-hybridized carbons (Fsp3) is 0.231. The van der Waals surface area contributed by atoms with E-state index in [4.69, 9.17) is 4.42 Å². The molecule has 69 heavy (non-hydrogen) atoms.